The van der Waals surface area contributed by atoms with Gasteiger partial charge in [-0.2, -0.15) is 0 Å². The number of carbonyl (C=O) groups is 2. The molecule has 1 unspecified atom stereocenters. The largest absolute Gasteiger partial charge is 0.493 e. The smallest absolute Gasteiger partial charge is 0.414 e. The standard InChI is InChI=1S/C20H32N2O4/c1-6-22(15-18(23)21-19(24)25-7-2)13-8-14-26-17-11-9-16(10-12-17)20(3,4)5/h9-12H,6-8,13-15H2,1-5H3,(H,21,23,24)/p+1. The molecule has 0 saturated heterocycles. The fourth-order valence-electron chi connectivity index (χ4n) is 2.51. The molecule has 26 heavy (non-hydrogen) atoms. The molecular weight excluding hydrogens is 332 g/mol. The SMILES string of the molecule is CCOC(=O)NC(=O)C[NH+](CC)CCCOc1ccc(C(C)(C)C)cc1. The predicted molar refractivity (Wildman–Crippen MR) is 102 cm³/mol. The first kappa shape index (κ1) is 22.0. The molecule has 0 aromatic heterocycles. The number of hydrogen-bond donors (Lipinski definition) is 2. The maximum absolute atomic E-state index is 11.8. The summed E-state index contributed by atoms with van der Waals surface area (Å²) >= 11 is 0. The molecule has 2 N–H and O–H groups in total. The Labute approximate surface area is 156 Å². The predicted octanol–water partition coefficient (Wildman–Crippen LogP) is 1.93. The summed E-state index contributed by atoms with van der Waals surface area (Å²) in [5.74, 6) is 0.537. The molecular formula is C20H33N2O4+. The maximum Gasteiger partial charge on any atom is 0.414 e. The quantitative estimate of drug-likeness (QED) is 0.656. The Balaban J connectivity index is 2.32. The van der Waals surface area contributed by atoms with E-state index in [-0.39, 0.29) is 24.5 Å². The third-order valence-electron chi connectivity index (χ3n) is 4.09. The molecule has 1 aromatic carbocycles. The number of amides is 2. The minimum atomic E-state index is -0.685. The van der Waals surface area contributed by atoms with Gasteiger partial charge in [0.2, 0.25) is 0 Å². The molecule has 0 spiro atoms. The Bertz CT molecular complexity index is 564. The lowest BCUT2D eigenvalue weighted by Crippen LogP contribution is -3.13. The van der Waals surface area contributed by atoms with Crippen molar-refractivity contribution >= 4 is 12.0 Å². The summed E-state index contributed by atoms with van der Waals surface area (Å²) in [6.45, 7) is 13.0. The Morgan fingerprint density at radius 1 is 1.12 bits per heavy atom. The Morgan fingerprint density at radius 2 is 1.77 bits per heavy atom. The van der Waals surface area contributed by atoms with Crippen LogP contribution in [0, 0.1) is 0 Å². The van der Waals surface area contributed by atoms with Crippen LogP contribution in [0.2, 0.25) is 0 Å². The van der Waals surface area contributed by atoms with Crippen molar-refractivity contribution in [2.45, 2.75) is 46.5 Å². The molecule has 0 saturated carbocycles. The van der Waals surface area contributed by atoms with Gasteiger partial charge in [-0.1, -0.05) is 32.9 Å². The van der Waals surface area contributed by atoms with E-state index in [1.165, 1.54) is 5.56 Å². The van der Waals surface area contributed by atoms with Crippen molar-refractivity contribution in [1.82, 2.24) is 5.32 Å². The van der Waals surface area contributed by atoms with Gasteiger partial charge in [-0.25, -0.2) is 4.79 Å². The molecule has 0 heterocycles. The van der Waals surface area contributed by atoms with Crippen molar-refractivity contribution in [2.24, 2.45) is 0 Å². The average molecular weight is 365 g/mol. The highest BCUT2D eigenvalue weighted by atomic mass is 16.5. The van der Waals surface area contributed by atoms with Gasteiger partial charge in [0.1, 0.15) is 5.75 Å². The highest BCUT2D eigenvalue weighted by molar-refractivity contribution is 5.92. The third-order valence-corrected chi connectivity index (χ3v) is 4.09. The van der Waals surface area contributed by atoms with Crippen molar-refractivity contribution in [3.05, 3.63) is 29.8 Å². The molecule has 1 rings (SSSR count). The van der Waals surface area contributed by atoms with Crippen molar-refractivity contribution in [2.75, 3.05) is 32.8 Å². The van der Waals surface area contributed by atoms with Crippen molar-refractivity contribution in [3.8, 4) is 5.75 Å². The summed E-state index contributed by atoms with van der Waals surface area (Å²) in [5, 5.41) is 2.23. The van der Waals surface area contributed by atoms with Crippen LogP contribution in [0.4, 0.5) is 4.79 Å². The molecule has 0 aliphatic carbocycles. The van der Waals surface area contributed by atoms with Crippen LogP contribution in [0.15, 0.2) is 24.3 Å². The van der Waals surface area contributed by atoms with Gasteiger partial charge in [-0.15, -0.1) is 0 Å². The van der Waals surface area contributed by atoms with Crippen LogP contribution < -0.4 is 15.0 Å². The normalized spacial score (nSPS) is 12.3. The fraction of sp³-hybridized carbons (Fsp3) is 0.600. The van der Waals surface area contributed by atoms with E-state index in [4.69, 9.17) is 9.47 Å². The van der Waals surface area contributed by atoms with E-state index >= 15 is 0 Å². The zero-order chi connectivity index (χ0) is 19.6. The number of alkyl carbamates (subject to hydrolysis) is 1. The topological polar surface area (TPSA) is 69.1 Å². The minimum Gasteiger partial charge on any atom is -0.493 e. The number of hydrogen-bond acceptors (Lipinski definition) is 4. The summed E-state index contributed by atoms with van der Waals surface area (Å²) in [6.07, 6.45) is 0.145. The summed E-state index contributed by atoms with van der Waals surface area (Å²) in [7, 11) is 0. The lowest BCUT2D eigenvalue weighted by Gasteiger charge is -2.19. The van der Waals surface area contributed by atoms with E-state index in [1.807, 2.05) is 19.1 Å². The number of nitrogens with one attached hydrogen (secondary N) is 2. The number of ether oxygens (including phenoxy) is 2. The molecule has 1 atom stereocenters. The van der Waals surface area contributed by atoms with Gasteiger partial charge in [0, 0.05) is 6.42 Å². The first-order valence-electron chi connectivity index (χ1n) is 9.29. The molecule has 0 fully saturated rings. The highest BCUT2D eigenvalue weighted by Gasteiger charge is 2.16. The number of quaternary nitrogens is 1. The van der Waals surface area contributed by atoms with Gasteiger partial charge in [-0.3, -0.25) is 10.1 Å². The second-order valence-electron chi connectivity index (χ2n) is 7.28. The van der Waals surface area contributed by atoms with Crippen LogP contribution in [0.1, 0.15) is 46.6 Å². The number of carbonyl (C=O) groups excluding carboxylic acids is 2. The van der Waals surface area contributed by atoms with Crippen LogP contribution in [0.25, 0.3) is 0 Å². The van der Waals surface area contributed by atoms with Crippen LogP contribution >= 0.6 is 0 Å². The molecule has 146 valence electrons. The van der Waals surface area contributed by atoms with Crippen molar-refractivity contribution in [1.29, 1.82) is 0 Å². The van der Waals surface area contributed by atoms with E-state index < -0.39 is 6.09 Å². The summed E-state index contributed by atoms with van der Waals surface area (Å²) in [6, 6.07) is 8.19. The van der Waals surface area contributed by atoms with Crippen LogP contribution in [-0.4, -0.2) is 44.8 Å². The number of benzene rings is 1. The first-order valence-corrected chi connectivity index (χ1v) is 9.29. The van der Waals surface area contributed by atoms with Crippen molar-refractivity contribution < 1.29 is 24.0 Å². The Kier molecular flexibility index (Phi) is 9.13. The van der Waals surface area contributed by atoms with E-state index in [0.717, 1.165) is 30.2 Å². The zero-order valence-corrected chi connectivity index (χ0v) is 16.7. The number of rotatable bonds is 9. The third kappa shape index (κ3) is 8.34. The lowest BCUT2D eigenvalue weighted by atomic mass is 9.87. The summed E-state index contributed by atoms with van der Waals surface area (Å²) < 4.78 is 10.5. The number of imide groups is 1. The van der Waals surface area contributed by atoms with Gasteiger partial charge < -0.3 is 14.4 Å². The van der Waals surface area contributed by atoms with E-state index in [2.05, 4.69) is 38.2 Å². The van der Waals surface area contributed by atoms with Crippen molar-refractivity contribution in [3.63, 3.8) is 0 Å². The summed E-state index contributed by atoms with van der Waals surface area (Å²) in [5.41, 5.74) is 1.41. The zero-order valence-electron chi connectivity index (χ0n) is 16.7. The van der Waals surface area contributed by atoms with Gasteiger partial charge in [0.15, 0.2) is 6.54 Å². The second-order valence-corrected chi connectivity index (χ2v) is 7.28. The molecule has 1 aromatic rings. The molecule has 0 radical (unpaired) electrons. The molecule has 0 bridgehead atoms. The van der Waals surface area contributed by atoms with Crippen LogP contribution in [0.5, 0.6) is 5.75 Å². The lowest BCUT2D eigenvalue weighted by molar-refractivity contribution is -0.890. The number of likely N-dealkylation sites (N-methyl/N-ethyl adjacent to an activating group) is 1. The van der Waals surface area contributed by atoms with Crippen LogP contribution in [-0.2, 0) is 14.9 Å². The molecule has 0 aliphatic rings. The second kappa shape index (κ2) is 10.8. The highest BCUT2D eigenvalue weighted by Crippen LogP contribution is 2.24. The van der Waals surface area contributed by atoms with Gasteiger partial charge in [-0.05, 0) is 37.0 Å². The fourth-order valence-corrected chi connectivity index (χ4v) is 2.51. The molecule has 6 nitrogen and oxygen atoms in total. The van der Waals surface area contributed by atoms with Gasteiger partial charge >= 0.3 is 6.09 Å². The monoisotopic (exact) mass is 365 g/mol. The average Bonchev–Trinajstić information content (AvgIpc) is 2.57. The minimum absolute atomic E-state index is 0.133. The van der Waals surface area contributed by atoms with E-state index in [9.17, 15) is 9.59 Å². The first-order chi connectivity index (χ1) is 12.3. The van der Waals surface area contributed by atoms with Gasteiger partial charge in [0.05, 0.1) is 26.3 Å². The molecule has 2 amide bonds. The van der Waals surface area contributed by atoms with E-state index in [0.29, 0.717) is 6.61 Å². The van der Waals surface area contributed by atoms with E-state index in [1.54, 1.807) is 6.92 Å². The molecule has 0 aliphatic heterocycles. The Morgan fingerprint density at radius 3 is 2.31 bits per heavy atom. The maximum atomic E-state index is 11.8. The van der Waals surface area contributed by atoms with Crippen LogP contribution in [0.3, 0.4) is 0 Å². The van der Waals surface area contributed by atoms with Gasteiger partial charge in [0.25, 0.3) is 5.91 Å². The summed E-state index contributed by atoms with van der Waals surface area (Å²) in [4.78, 5) is 24.1. The molecule has 6 heteroatoms. The Hall–Kier alpha value is -2.08.